The maximum atomic E-state index is 14.5. The van der Waals surface area contributed by atoms with Gasteiger partial charge in [-0.3, -0.25) is 4.79 Å². The highest BCUT2D eigenvalue weighted by Crippen LogP contribution is 2.65. The SMILES string of the molecule is C=CS(=O)(=O)CCOC1CC2CC1CC2(OC(=O)C1(C)C2CC3CC(C2)CC1C3)C(F)(F)F. The second-order valence-electron chi connectivity index (χ2n) is 11.4. The molecule has 5 nitrogen and oxygen atoms in total. The third kappa shape index (κ3) is 3.67. The van der Waals surface area contributed by atoms with Crippen LogP contribution < -0.4 is 0 Å². The Kier molecular flexibility index (Phi) is 5.52. The summed E-state index contributed by atoms with van der Waals surface area (Å²) in [6.07, 6.45) is -0.103. The third-order valence-electron chi connectivity index (χ3n) is 9.84. The van der Waals surface area contributed by atoms with Crippen molar-refractivity contribution in [2.24, 2.45) is 40.9 Å². The number of carbonyl (C=O) groups excluding carboxylic acids is 1. The zero-order chi connectivity index (χ0) is 23.8. The van der Waals surface area contributed by atoms with Crippen LogP contribution in [-0.4, -0.2) is 44.6 Å². The second-order valence-corrected chi connectivity index (χ2v) is 13.5. The number of hydrogen-bond acceptors (Lipinski definition) is 5. The number of ether oxygens (including phenoxy) is 2. The van der Waals surface area contributed by atoms with Crippen LogP contribution in [0.3, 0.4) is 0 Å². The van der Waals surface area contributed by atoms with Crippen LogP contribution >= 0.6 is 0 Å². The minimum Gasteiger partial charge on any atom is -0.449 e. The summed E-state index contributed by atoms with van der Waals surface area (Å²) in [5, 5.41) is 0.857. The molecule has 0 aliphatic heterocycles. The van der Waals surface area contributed by atoms with Crippen LogP contribution in [0.4, 0.5) is 13.2 Å². The molecule has 6 fully saturated rings. The first-order chi connectivity index (χ1) is 15.4. The molecule has 0 spiro atoms. The van der Waals surface area contributed by atoms with Crippen molar-refractivity contribution in [2.45, 2.75) is 76.2 Å². The molecule has 6 aliphatic rings. The van der Waals surface area contributed by atoms with Gasteiger partial charge in [-0.1, -0.05) is 6.58 Å². The van der Waals surface area contributed by atoms with Crippen LogP contribution in [-0.2, 0) is 24.1 Å². The van der Waals surface area contributed by atoms with Crippen LogP contribution in [0.5, 0.6) is 0 Å². The van der Waals surface area contributed by atoms with Crippen LogP contribution in [0.2, 0.25) is 0 Å². The average Bonchev–Trinajstić information content (AvgIpc) is 3.29. The Balaban J connectivity index is 1.30. The highest BCUT2D eigenvalue weighted by atomic mass is 32.2. The van der Waals surface area contributed by atoms with E-state index >= 15 is 0 Å². The van der Waals surface area contributed by atoms with E-state index in [1.165, 1.54) is 6.42 Å². The van der Waals surface area contributed by atoms with Crippen LogP contribution in [0, 0.1) is 40.9 Å². The zero-order valence-corrected chi connectivity index (χ0v) is 19.8. The monoisotopic (exact) mass is 490 g/mol. The van der Waals surface area contributed by atoms with Gasteiger partial charge >= 0.3 is 12.1 Å². The van der Waals surface area contributed by atoms with E-state index in [4.69, 9.17) is 9.47 Å². The van der Waals surface area contributed by atoms with E-state index in [9.17, 15) is 26.4 Å². The van der Waals surface area contributed by atoms with Gasteiger partial charge in [-0.05, 0) is 81.5 Å². The lowest BCUT2D eigenvalue weighted by atomic mass is 9.46. The van der Waals surface area contributed by atoms with Crippen molar-refractivity contribution in [3.8, 4) is 0 Å². The van der Waals surface area contributed by atoms with Gasteiger partial charge in [0, 0.05) is 17.7 Å². The summed E-state index contributed by atoms with van der Waals surface area (Å²) in [5.74, 6) is -0.704. The van der Waals surface area contributed by atoms with Crippen LogP contribution in [0.1, 0.15) is 58.3 Å². The summed E-state index contributed by atoms with van der Waals surface area (Å²) in [6, 6.07) is 0. The Bertz CT molecular complexity index is 901. The molecule has 0 radical (unpaired) electrons. The van der Waals surface area contributed by atoms with Gasteiger partial charge in [0.15, 0.2) is 9.84 Å². The van der Waals surface area contributed by atoms with Crippen LogP contribution in [0.15, 0.2) is 12.0 Å². The van der Waals surface area contributed by atoms with Gasteiger partial charge in [0.2, 0.25) is 5.60 Å². The molecule has 6 rings (SSSR count). The normalized spacial score (nSPS) is 46.0. The fourth-order valence-corrected chi connectivity index (χ4v) is 8.64. The molecule has 33 heavy (non-hydrogen) atoms. The number of sulfone groups is 1. The van der Waals surface area contributed by atoms with Gasteiger partial charge in [-0.2, -0.15) is 13.2 Å². The van der Waals surface area contributed by atoms with Gasteiger partial charge in [0.1, 0.15) is 0 Å². The molecule has 6 aliphatic carbocycles. The maximum absolute atomic E-state index is 14.5. The molecule has 0 heterocycles. The van der Waals surface area contributed by atoms with E-state index in [0.29, 0.717) is 11.8 Å². The number of hydrogen-bond donors (Lipinski definition) is 0. The summed E-state index contributed by atoms with van der Waals surface area (Å²) in [7, 11) is -3.42. The predicted octanol–water partition coefficient (Wildman–Crippen LogP) is 4.67. The summed E-state index contributed by atoms with van der Waals surface area (Å²) in [5.41, 5.74) is -3.29. The molecule has 0 N–H and O–H groups in total. The fourth-order valence-electron chi connectivity index (χ4n) is 8.14. The largest absolute Gasteiger partial charge is 0.449 e. The number of esters is 1. The lowest BCUT2D eigenvalue weighted by molar-refractivity contribution is -0.296. The van der Waals surface area contributed by atoms with E-state index in [1.54, 1.807) is 0 Å². The fraction of sp³-hybridized carbons (Fsp3) is 0.875. The quantitative estimate of drug-likeness (QED) is 0.485. The summed E-state index contributed by atoms with van der Waals surface area (Å²) >= 11 is 0. The lowest BCUT2D eigenvalue weighted by Gasteiger charge is -2.59. The van der Waals surface area contributed by atoms with Crippen molar-refractivity contribution < 1.29 is 35.9 Å². The molecular formula is C24H33F3O5S. The summed E-state index contributed by atoms with van der Waals surface area (Å²) in [6.45, 7) is 5.02. The smallest absolute Gasteiger partial charge is 0.428 e. The molecule has 0 amide bonds. The van der Waals surface area contributed by atoms with Crippen molar-refractivity contribution in [1.29, 1.82) is 0 Å². The van der Waals surface area contributed by atoms with Gasteiger partial charge in [-0.25, -0.2) is 8.42 Å². The maximum Gasteiger partial charge on any atom is 0.428 e. The lowest BCUT2D eigenvalue weighted by Crippen LogP contribution is -2.60. The van der Waals surface area contributed by atoms with Gasteiger partial charge in [0.05, 0.1) is 23.9 Å². The molecule has 0 aromatic rings. The van der Waals surface area contributed by atoms with Gasteiger partial charge in [0.25, 0.3) is 0 Å². The average molecular weight is 491 g/mol. The Morgan fingerprint density at radius 3 is 2.12 bits per heavy atom. The van der Waals surface area contributed by atoms with E-state index in [2.05, 4.69) is 6.58 Å². The molecule has 0 aromatic heterocycles. The van der Waals surface area contributed by atoms with Crippen molar-refractivity contribution >= 4 is 15.8 Å². The Hall–Kier alpha value is -1.09. The molecule has 6 saturated carbocycles. The van der Waals surface area contributed by atoms with Crippen LogP contribution in [0.25, 0.3) is 0 Å². The van der Waals surface area contributed by atoms with Gasteiger partial charge < -0.3 is 9.47 Å². The van der Waals surface area contributed by atoms with Crippen molar-refractivity contribution in [3.05, 3.63) is 12.0 Å². The van der Waals surface area contributed by atoms with Crippen molar-refractivity contribution in [3.63, 3.8) is 0 Å². The number of carbonyl (C=O) groups is 1. The summed E-state index contributed by atoms with van der Waals surface area (Å²) < 4.78 is 77.8. The Morgan fingerprint density at radius 2 is 1.64 bits per heavy atom. The number of rotatable bonds is 7. The van der Waals surface area contributed by atoms with E-state index in [0.717, 1.165) is 31.1 Å². The third-order valence-corrected chi connectivity index (χ3v) is 11.1. The number of halogens is 3. The highest BCUT2D eigenvalue weighted by Gasteiger charge is 2.72. The van der Waals surface area contributed by atoms with Crippen molar-refractivity contribution in [1.82, 2.24) is 0 Å². The minimum absolute atomic E-state index is 0.0786. The molecule has 4 atom stereocenters. The van der Waals surface area contributed by atoms with Gasteiger partial charge in [-0.15, -0.1) is 0 Å². The minimum atomic E-state index is -4.65. The van der Waals surface area contributed by atoms with E-state index in [-0.39, 0.29) is 43.5 Å². The Morgan fingerprint density at radius 1 is 1.03 bits per heavy atom. The number of alkyl halides is 3. The first-order valence-electron chi connectivity index (χ1n) is 12.1. The standard InChI is InChI=1S/C24H33F3O5S/c1-3-33(29,30)5-4-31-20-12-19-11-16(20)13-23(19,24(25,26)27)32-21(28)22(2)17-7-14-6-15(9-17)10-18(22)8-14/h3,14-20H,1,4-13H2,2H3. The summed E-state index contributed by atoms with van der Waals surface area (Å²) in [4.78, 5) is 13.5. The van der Waals surface area contributed by atoms with E-state index in [1.807, 2.05) is 6.92 Å². The molecule has 4 unspecified atom stereocenters. The topological polar surface area (TPSA) is 69.7 Å². The first kappa shape index (κ1) is 23.6. The number of fused-ring (bicyclic) bond motifs is 2. The van der Waals surface area contributed by atoms with E-state index < -0.39 is 50.9 Å². The molecule has 0 aromatic carbocycles. The zero-order valence-electron chi connectivity index (χ0n) is 19.0. The predicted molar refractivity (Wildman–Crippen MR) is 115 cm³/mol. The molecule has 6 bridgehead atoms. The highest BCUT2D eigenvalue weighted by molar-refractivity contribution is 7.94. The Labute approximate surface area is 193 Å². The molecule has 0 saturated heterocycles. The molecule has 9 heteroatoms. The second kappa shape index (κ2) is 7.70. The van der Waals surface area contributed by atoms with Crippen molar-refractivity contribution in [2.75, 3.05) is 12.4 Å². The molecular weight excluding hydrogens is 457 g/mol. The first-order valence-corrected chi connectivity index (χ1v) is 13.9. The molecule has 186 valence electrons.